The predicted molar refractivity (Wildman–Crippen MR) is 92.7 cm³/mol. The summed E-state index contributed by atoms with van der Waals surface area (Å²) in [6, 6.07) is -3.52. The lowest BCUT2D eigenvalue weighted by Crippen LogP contribution is -2.55. The summed E-state index contributed by atoms with van der Waals surface area (Å²) in [4.78, 5) is 34.0. The zero-order valence-electron chi connectivity index (χ0n) is 15.3. The van der Waals surface area contributed by atoms with Gasteiger partial charge in [-0.05, 0) is 6.92 Å². The molecular formula is C14H30N6O6. The number of nitrogens with one attached hydrogen (secondary N) is 2. The smallest absolute Gasteiger partial charge is 0.328 e. The largest absolute Gasteiger partial charge is 0.480 e. The third kappa shape index (κ3) is 9.48. The lowest BCUT2D eigenvalue weighted by molar-refractivity contribution is -0.140. The third-order valence-electron chi connectivity index (χ3n) is 3.73. The summed E-state index contributed by atoms with van der Waals surface area (Å²) in [5.41, 5.74) is 11.0. The van der Waals surface area contributed by atoms with E-state index in [1.54, 1.807) is 31.0 Å². The quantitative estimate of drug-likeness (QED) is 0.168. The van der Waals surface area contributed by atoms with E-state index in [0.29, 0.717) is 6.54 Å². The molecule has 0 bridgehead atoms. The van der Waals surface area contributed by atoms with Crippen molar-refractivity contribution in [2.75, 3.05) is 33.8 Å². The highest BCUT2D eigenvalue weighted by molar-refractivity contribution is 5.83. The van der Waals surface area contributed by atoms with Crippen molar-refractivity contribution < 1.29 is 29.7 Å². The van der Waals surface area contributed by atoms with E-state index in [0.717, 1.165) is 0 Å². The molecule has 4 atom stereocenters. The summed E-state index contributed by atoms with van der Waals surface area (Å²) in [6.07, 6.45) is -0.882. The molecule has 0 fully saturated rings. The maximum atomic E-state index is 11.9. The van der Waals surface area contributed by atoms with Crippen LogP contribution in [-0.4, -0.2) is 101 Å². The van der Waals surface area contributed by atoms with Gasteiger partial charge < -0.3 is 37.4 Å². The fourth-order valence-corrected chi connectivity index (χ4v) is 2.03. The van der Waals surface area contributed by atoms with Crippen LogP contribution in [0.5, 0.6) is 0 Å². The summed E-state index contributed by atoms with van der Waals surface area (Å²) in [7, 11) is 3.41. The van der Waals surface area contributed by atoms with Gasteiger partial charge in [0.2, 0.25) is 5.91 Å². The fraction of sp³-hybridized carbons (Fsp3) is 0.786. The van der Waals surface area contributed by atoms with Crippen LogP contribution in [0.4, 0.5) is 4.79 Å². The van der Waals surface area contributed by atoms with E-state index in [2.05, 4.69) is 10.6 Å². The first-order valence-corrected chi connectivity index (χ1v) is 8.02. The van der Waals surface area contributed by atoms with E-state index < -0.39 is 48.7 Å². The Hall–Kier alpha value is -1.99. The molecule has 0 spiro atoms. The molecule has 0 aliphatic rings. The molecule has 0 aromatic heterocycles. The van der Waals surface area contributed by atoms with Gasteiger partial charge in [-0.1, -0.05) is 0 Å². The number of nitrogens with zero attached hydrogens (tertiary/aromatic N) is 2. The van der Waals surface area contributed by atoms with Gasteiger partial charge in [-0.15, -0.1) is 0 Å². The predicted octanol–water partition coefficient (Wildman–Crippen LogP) is -3.54. The molecule has 152 valence electrons. The van der Waals surface area contributed by atoms with E-state index in [1.807, 2.05) is 0 Å². The molecular weight excluding hydrogens is 348 g/mol. The molecule has 0 saturated carbocycles. The van der Waals surface area contributed by atoms with Gasteiger partial charge in [-0.25, -0.2) is 19.6 Å². The van der Waals surface area contributed by atoms with E-state index in [-0.39, 0.29) is 13.0 Å². The Morgan fingerprint density at radius 2 is 1.65 bits per heavy atom. The first-order valence-electron chi connectivity index (χ1n) is 8.02. The highest BCUT2D eigenvalue weighted by atomic mass is 16.4. The second-order valence-corrected chi connectivity index (χ2v) is 6.14. The summed E-state index contributed by atoms with van der Waals surface area (Å²) in [5, 5.41) is 35.1. The van der Waals surface area contributed by atoms with Gasteiger partial charge in [-0.3, -0.25) is 4.79 Å². The number of aliphatic hydroxyl groups excluding tert-OH is 2. The first-order chi connectivity index (χ1) is 12.0. The van der Waals surface area contributed by atoms with E-state index in [4.69, 9.17) is 21.7 Å². The van der Waals surface area contributed by atoms with Crippen LogP contribution in [0.2, 0.25) is 0 Å². The minimum atomic E-state index is -1.46. The van der Waals surface area contributed by atoms with E-state index >= 15 is 0 Å². The molecule has 0 rings (SSSR count). The highest BCUT2D eigenvalue weighted by Crippen LogP contribution is 2.01. The number of nitrogens with two attached hydrogens (primary N) is 2. The Labute approximate surface area is 152 Å². The number of urea groups is 1. The molecule has 26 heavy (non-hydrogen) atoms. The maximum Gasteiger partial charge on any atom is 0.328 e. The van der Waals surface area contributed by atoms with Crippen LogP contribution in [0.15, 0.2) is 0 Å². The van der Waals surface area contributed by atoms with Crippen LogP contribution in [0.1, 0.15) is 13.3 Å². The number of aliphatic carboxylic acids is 1. The van der Waals surface area contributed by atoms with Crippen molar-refractivity contribution in [2.45, 2.75) is 37.6 Å². The summed E-state index contributed by atoms with van der Waals surface area (Å²) >= 11 is 0. The number of primary amides is 1. The fourth-order valence-electron chi connectivity index (χ4n) is 2.03. The van der Waals surface area contributed by atoms with E-state index in [1.165, 1.54) is 0 Å². The normalized spacial score (nSPS) is 16.0. The SMILES string of the molecule is CC(O)C(N)CN(C)N(C)CC(CC(N)=O)NC(=O)NC(CO)C(=O)O. The Morgan fingerprint density at radius 3 is 2.08 bits per heavy atom. The Balaban J connectivity index is 4.80. The van der Waals surface area contributed by atoms with Crippen LogP contribution in [0.25, 0.3) is 0 Å². The van der Waals surface area contributed by atoms with Crippen molar-refractivity contribution in [1.29, 1.82) is 0 Å². The molecule has 0 aliphatic heterocycles. The number of aliphatic hydroxyl groups is 2. The number of hydrogen-bond donors (Lipinski definition) is 7. The second kappa shape index (κ2) is 11.6. The average Bonchev–Trinajstić information content (AvgIpc) is 2.50. The van der Waals surface area contributed by atoms with Crippen LogP contribution < -0.4 is 22.1 Å². The molecule has 3 amide bonds. The van der Waals surface area contributed by atoms with Gasteiger partial charge in [0, 0.05) is 39.6 Å². The lowest BCUT2D eigenvalue weighted by atomic mass is 10.2. The average molecular weight is 378 g/mol. The number of likely N-dealkylation sites (N-methyl/N-ethyl adjacent to an activating group) is 2. The topological polar surface area (TPSA) is 194 Å². The van der Waals surface area contributed by atoms with Crippen LogP contribution in [0.3, 0.4) is 0 Å². The van der Waals surface area contributed by atoms with Gasteiger partial charge >= 0.3 is 12.0 Å². The lowest BCUT2D eigenvalue weighted by Gasteiger charge is -2.33. The minimum Gasteiger partial charge on any atom is -0.480 e. The standard InChI is InChI=1S/C14H30N6O6/c1-8(22)10(15)6-20(3)19(2)5-9(4-12(16)23)17-14(26)18-11(7-21)13(24)25/h8-11,21-22H,4-7,15H2,1-3H3,(H2,16,23)(H,24,25)(H2,17,18,26). The van der Waals surface area contributed by atoms with Crippen molar-refractivity contribution in [3.63, 3.8) is 0 Å². The molecule has 12 nitrogen and oxygen atoms in total. The third-order valence-corrected chi connectivity index (χ3v) is 3.73. The minimum absolute atomic E-state index is 0.176. The van der Waals surface area contributed by atoms with Gasteiger partial charge in [0.1, 0.15) is 0 Å². The molecule has 12 heteroatoms. The number of carbonyl (C=O) groups is 3. The van der Waals surface area contributed by atoms with Crippen LogP contribution in [-0.2, 0) is 9.59 Å². The Morgan fingerprint density at radius 1 is 1.12 bits per heavy atom. The zero-order chi connectivity index (χ0) is 20.4. The molecule has 0 aromatic rings. The van der Waals surface area contributed by atoms with Gasteiger partial charge in [0.15, 0.2) is 6.04 Å². The molecule has 0 heterocycles. The molecule has 0 aromatic carbocycles. The monoisotopic (exact) mass is 378 g/mol. The number of carboxylic acids is 1. The molecule has 0 saturated heterocycles. The van der Waals surface area contributed by atoms with Crippen LogP contribution >= 0.6 is 0 Å². The summed E-state index contributed by atoms with van der Waals surface area (Å²) in [6.45, 7) is 1.30. The highest BCUT2D eigenvalue weighted by Gasteiger charge is 2.23. The van der Waals surface area contributed by atoms with Crippen molar-refractivity contribution in [3.05, 3.63) is 0 Å². The first kappa shape index (κ1) is 24.0. The Bertz CT molecular complexity index is 477. The van der Waals surface area contributed by atoms with Crippen molar-refractivity contribution in [1.82, 2.24) is 20.7 Å². The number of carbonyl (C=O) groups excluding carboxylic acids is 2. The number of amides is 3. The number of rotatable bonds is 12. The molecule has 9 N–H and O–H groups in total. The van der Waals surface area contributed by atoms with Gasteiger partial charge in [0.05, 0.1) is 18.8 Å². The summed E-state index contributed by atoms with van der Waals surface area (Å²) < 4.78 is 0. The Kier molecular flexibility index (Phi) is 10.7. The molecule has 0 aliphatic carbocycles. The molecule has 4 unspecified atom stereocenters. The second-order valence-electron chi connectivity index (χ2n) is 6.14. The maximum absolute atomic E-state index is 11.9. The van der Waals surface area contributed by atoms with E-state index in [9.17, 15) is 19.5 Å². The van der Waals surface area contributed by atoms with Crippen molar-refractivity contribution >= 4 is 17.9 Å². The molecule has 0 radical (unpaired) electrons. The van der Waals surface area contributed by atoms with Gasteiger partial charge in [-0.2, -0.15) is 0 Å². The van der Waals surface area contributed by atoms with Crippen molar-refractivity contribution in [2.24, 2.45) is 11.5 Å². The van der Waals surface area contributed by atoms with Gasteiger partial charge in [0.25, 0.3) is 0 Å². The number of hydrogen-bond acceptors (Lipinski definition) is 8. The van der Waals surface area contributed by atoms with Crippen molar-refractivity contribution in [3.8, 4) is 0 Å². The van der Waals surface area contributed by atoms with Crippen LogP contribution in [0, 0.1) is 0 Å². The summed E-state index contributed by atoms with van der Waals surface area (Å²) in [5.74, 6) is -2.04. The number of carboxylic acid groups (broad SMARTS) is 1. The zero-order valence-corrected chi connectivity index (χ0v) is 15.3. The number of hydrazine groups is 1.